The summed E-state index contributed by atoms with van der Waals surface area (Å²) in [5.74, 6) is 0. The van der Waals surface area contributed by atoms with Crippen LogP contribution >= 0.6 is 0 Å². The summed E-state index contributed by atoms with van der Waals surface area (Å²) in [5.41, 5.74) is 1.30. The van der Waals surface area contributed by atoms with E-state index in [1.807, 2.05) is 12.1 Å². The molecule has 0 spiro atoms. The quantitative estimate of drug-likeness (QED) is 0.833. The average molecular weight is 334 g/mol. The number of rotatable bonds is 3. The van der Waals surface area contributed by atoms with Crippen LogP contribution in [-0.2, 0) is 12.7 Å². The highest BCUT2D eigenvalue weighted by atomic mass is 19.4. The number of benzene rings is 2. The molecule has 1 fully saturated rings. The molecule has 1 aliphatic heterocycles. The maximum Gasteiger partial charge on any atom is 0.417 e. The first kappa shape index (κ1) is 17.0. The fraction of sp³-hybridized carbons (Fsp3) is 0.368. The summed E-state index contributed by atoms with van der Waals surface area (Å²) in [6.45, 7) is 4.52. The third-order valence-corrected chi connectivity index (χ3v) is 4.53. The van der Waals surface area contributed by atoms with Crippen molar-refractivity contribution in [3.63, 3.8) is 0 Å². The first-order chi connectivity index (χ1) is 11.4. The van der Waals surface area contributed by atoms with E-state index in [1.165, 1.54) is 6.07 Å². The Balaban J connectivity index is 1.93. The maximum atomic E-state index is 13.4. The molecular formula is C19H21F3N2. The molecule has 0 saturated carbocycles. The Morgan fingerprint density at radius 2 is 1.42 bits per heavy atom. The average Bonchev–Trinajstić information content (AvgIpc) is 2.57. The molecular weight excluding hydrogens is 313 g/mol. The van der Waals surface area contributed by atoms with Gasteiger partial charge in [-0.1, -0.05) is 42.5 Å². The summed E-state index contributed by atoms with van der Waals surface area (Å²) in [5, 5.41) is 0. The van der Waals surface area contributed by atoms with Crippen LogP contribution in [0.2, 0.25) is 0 Å². The van der Waals surface area contributed by atoms with Crippen molar-refractivity contribution in [2.24, 2.45) is 0 Å². The predicted molar refractivity (Wildman–Crippen MR) is 89.7 cm³/mol. The Kier molecular flexibility index (Phi) is 4.92. The van der Waals surface area contributed by atoms with Crippen molar-refractivity contribution in [2.75, 3.05) is 33.2 Å². The van der Waals surface area contributed by atoms with Gasteiger partial charge in [0, 0.05) is 32.7 Å². The fourth-order valence-corrected chi connectivity index (χ4v) is 3.13. The summed E-state index contributed by atoms with van der Waals surface area (Å²) < 4.78 is 40.1. The molecule has 3 rings (SSSR count). The van der Waals surface area contributed by atoms with E-state index in [1.54, 1.807) is 24.3 Å². The Labute approximate surface area is 140 Å². The van der Waals surface area contributed by atoms with Crippen LogP contribution in [0.1, 0.15) is 11.1 Å². The van der Waals surface area contributed by atoms with Crippen molar-refractivity contribution in [3.8, 4) is 11.1 Å². The lowest BCUT2D eigenvalue weighted by Crippen LogP contribution is -2.43. The molecule has 0 radical (unpaired) electrons. The fourth-order valence-electron chi connectivity index (χ4n) is 3.13. The van der Waals surface area contributed by atoms with Crippen LogP contribution < -0.4 is 0 Å². The lowest BCUT2D eigenvalue weighted by atomic mass is 9.94. The summed E-state index contributed by atoms with van der Waals surface area (Å²) in [6, 6.07) is 13.2. The monoisotopic (exact) mass is 334 g/mol. The van der Waals surface area contributed by atoms with Gasteiger partial charge >= 0.3 is 6.18 Å². The summed E-state index contributed by atoms with van der Waals surface area (Å²) in [4.78, 5) is 4.57. The largest absolute Gasteiger partial charge is 0.417 e. The van der Waals surface area contributed by atoms with Crippen molar-refractivity contribution in [1.82, 2.24) is 9.80 Å². The molecule has 1 aliphatic rings. The van der Waals surface area contributed by atoms with Crippen LogP contribution in [0, 0.1) is 0 Å². The maximum absolute atomic E-state index is 13.4. The predicted octanol–water partition coefficient (Wildman–Crippen LogP) is 4.12. The van der Waals surface area contributed by atoms with E-state index >= 15 is 0 Å². The van der Waals surface area contributed by atoms with Crippen LogP contribution in [0.4, 0.5) is 13.2 Å². The molecule has 2 nitrogen and oxygen atoms in total. The number of hydrogen-bond donors (Lipinski definition) is 0. The summed E-state index contributed by atoms with van der Waals surface area (Å²) in [6.07, 6.45) is -4.35. The van der Waals surface area contributed by atoms with E-state index in [-0.39, 0.29) is 5.56 Å². The van der Waals surface area contributed by atoms with Crippen LogP contribution in [0.3, 0.4) is 0 Å². The first-order valence-corrected chi connectivity index (χ1v) is 8.10. The second kappa shape index (κ2) is 6.95. The minimum absolute atomic E-state index is 0.259. The zero-order valence-corrected chi connectivity index (χ0v) is 13.7. The van der Waals surface area contributed by atoms with Gasteiger partial charge in [0.25, 0.3) is 0 Å². The molecule has 24 heavy (non-hydrogen) atoms. The highest BCUT2D eigenvalue weighted by Crippen LogP contribution is 2.38. The van der Waals surface area contributed by atoms with Crippen LogP contribution in [0.15, 0.2) is 48.5 Å². The minimum Gasteiger partial charge on any atom is -0.304 e. The zero-order chi connectivity index (χ0) is 17.2. The van der Waals surface area contributed by atoms with E-state index in [9.17, 15) is 13.2 Å². The number of likely N-dealkylation sites (N-methyl/N-ethyl adjacent to an activating group) is 1. The molecule has 0 atom stereocenters. The molecule has 0 aromatic heterocycles. The molecule has 0 N–H and O–H groups in total. The number of nitrogens with zero attached hydrogens (tertiary/aromatic N) is 2. The van der Waals surface area contributed by atoms with Gasteiger partial charge in [-0.2, -0.15) is 13.2 Å². The normalized spacial score (nSPS) is 17.2. The second-order valence-corrected chi connectivity index (χ2v) is 6.28. The van der Waals surface area contributed by atoms with Crippen LogP contribution in [0.25, 0.3) is 11.1 Å². The van der Waals surface area contributed by atoms with Gasteiger partial charge in [0.05, 0.1) is 5.56 Å². The van der Waals surface area contributed by atoms with Crippen LogP contribution in [-0.4, -0.2) is 43.0 Å². The first-order valence-electron chi connectivity index (χ1n) is 8.10. The lowest BCUT2D eigenvalue weighted by Gasteiger charge is -2.32. The molecule has 0 bridgehead atoms. The summed E-state index contributed by atoms with van der Waals surface area (Å²) in [7, 11) is 2.09. The van der Waals surface area contributed by atoms with Gasteiger partial charge in [0.2, 0.25) is 0 Å². The SMILES string of the molecule is CN1CCN(Cc2ccccc2-c2ccccc2C(F)(F)F)CC1. The van der Waals surface area contributed by atoms with E-state index in [2.05, 4.69) is 16.8 Å². The van der Waals surface area contributed by atoms with Gasteiger partial charge in [-0.05, 0) is 29.8 Å². The Bertz CT molecular complexity index is 689. The van der Waals surface area contributed by atoms with Gasteiger partial charge < -0.3 is 4.90 Å². The Morgan fingerprint density at radius 1 is 0.833 bits per heavy atom. The highest BCUT2D eigenvalue weighted by Gasteiger charge is 2.33. The van der Waals surface area contributed by atoms with Crippen molar-refractivity contribution < 1.29 is 13.2 Å². The number of piperazine rings is 1. The second-order valence-electron chi connectivity index (χ2n) is 6.28. The minimum atomic E-state index is -4.35. The molecule has 0 aliphatic carbocycles. The molecule has 128 valence electrons. The van der Waals surface area contributed by atoms with E-state index in [0.29, 0.717) is 12.1 Å². The van der Waals surface area contributed by atoms with Crippen molar-refractivity contribution in [2.45, 2.75) is 12.7 Å². The van der Waals surface area contributed by atoms with Crippen molar-refractivity contribution in [1.29, 1.82) is 0 Å². The molecule has 0 unspecified atom stereocenters. The lowest BCUT2D eigenvalue weighted by molar-refractivity contribution is -0.137. The smallest absolute Gasteiger partial charge is 0.304 e. The third kappa shape index (κ3) is 3.79. The van der Waals surface area contributed by atoms with E-state index in [4.69, 9.17) is 0 Å². The number of hydrogen-bond acceptors (Lipinski definition) is 2. The Hall–Kier alpha value is -1.85. The topological polar surface area (TPSA) is 6.48 Å². The Morgan fingerprint density at radius 3 is 2.08 bits per heavy atom. The molecule has 1 saturated heterocycles. The van der Waals surface area contributed by atoms with Crippen molar-refractivity contribution in [3.05, 3.63) is 59.7 Å². The zero-order valence-electron chi connectivity index (χ0n) is 13.7. The van der Waals surface area contributed by atoms with Crippen molar-refractivity contribution >= 4 is 0 Å². The highest BCUT2D eigenvalue weighted by molar-refractivity contribution is 5.71. The van der Waals surface area contributed by atoms with Gasteiger partial charge in [0.1, 0.15) is 0 Å². The molecule has 0 amide bonds. The van der Waals surface area contributed by atoms with Gasteiger partial charge in [-0.15, -0.1) is 0 Å². The third-order valence-electron chi connectivity index (χ3n) is 4.53. The molecule has 1 heterocycles. The molecule has 2 aromatic carbocycles. The number of halogens is 3. The number of alkyl halides is 3. The molecule has 5 heteroatoms. The molecule has 2 aromatic rings. The standard InChI is InChI=1S/C19H21F3N2/c1-23-10-12-24(13-11-23)14-15-6-2-3-7-16(15)17-8-4-5-9-18(17)19(20,21)22/h2-9H,10-14H2,1H3. The van der Waals surface area contributed by atoms with E-state index < -0.39 is 11.7 Å². The van der Waals surface area contributed by atoms with Gasteiger partial charge in [0.15, 0.2) is 0 Å². The van der Waals surface area contributed by atoms with Crippen LogP contribution in [0.5, 0.6) is 0 Å². The van der Waals surface area contributed by atoms with Gasteiger partial charge in [-0.25, -0.2) is 0 Å². The van der Waals surface area contributed by atoms with Gasteiger partial charge in [-0.3, -0.25) is 4.90 Å². The van der Waals surface area contributed by atoms with E-state index in [0.717, 1.165) is 37.8 Å². The summed E-state index contributed by atoms with van der Waals surface area (Å²) >= 11 is 0.